The molecule has 2 N–H and O–H groups in total. The number of ether oxygens (including phenoxy) is 1. The van der Waals surface area contributed by atoms with Gasteiger partial charge in [0.2, 0.25) is 5.88 Å². The summed E-state index contributed by atoms with van der Waals surface area (Å²) in [5, 5.41) is 10.6. The Labute approximate surface area is 120 Å². The number of nitrogens with two attached hydrogens (primary N) is 1. The van der Waals surface area contributed by atoms with Crippen molar-refractivity contribution in [2.75, 3.05) is 5.73 Å². The Bertz CT molecular complexity index is 696. The number of nitrogen functional groups attached to an aromatic ring is 1. The van der Waals surface area contributed by atoms with E-state index in [2.05, 4.69) is 9.97 Å². The maximum absolute atomic E-state index is 10.6. The number of nitro groups is 1. The van der Waals surface area contributed by atoms with Crippen LogP contribution in [0.4, 0.5) is 11.5 Å². The third kappa shape index (κ3) is 2.76. The van der Waals surface area contributed by atoms with Crippen LogP contribution in [0.15, 0.2) is 24.3 Å². The van der Waals surface area contributed by atoms with Crippen molar-refractivity contribution in [1.29, 1.82) is 0 Å². The van der Waals surface area contributed by atoms with Gasteiger partial charge in [0.15, 0.2) is 0 Å². The van der Waals surface area contributed by atoms with Gasteiger partial charge < -0.3 is 10.5 Å². The molecule has 2 aromatic rings. The molecule has 0 unspecified atom stereocenters. The number of anilines is 1. The highest BCUT2D eigenvalue weighted by Crippen LogP contribution is 2.40. The molecule has 1 aromatic carbocycles. The van der Waals surface area contributed by atoms with Crippen molar-refractivity contribution in [2.45, 2.75) is 25.7 Å². The SMILES string of the molecule is Cc1c(N)nc(C2CC2)nc1Oc1ccc([N+](=O)[O-])cc1. The van der Waals surface area contributed by atoms with Crippen LogP contribution in [-0.2, 0) is 0 Å². The molecule has 0 bridgehead atoms. The molecule has 1 aliphatic carbocycles. The van der Waals surface area contributed by atoms with E-state index < -0.39 is 4.92 Å². The Morgan fingerprint density at radius 2 is 1.95 bits per heavy atom. The molecule has 21 heavy (non-hydrogen) atoms. The summed E-state index contributed by atoms with van der Waals surface area (Å²) in [5.74, 6) is 2.35. The van der Waals surface area contributed by atoms with Crippen LogP contribution < -0.4 is 10.5 Å². The fraction of sp³-hybridized carbons (Fsp3) is 0.286. The first-order chi connectivity index (χ1) is 10.0. The highest BCUT2D eigenvalue weighted by Gasteiger charge is 2.28. The first-order valence-electron chi connectivity index (χ1n) is 6.61. The second kappa shape index (κ2) is 5.01. The van der Waals surface area contributed by atoms with Gasteiger partial charge in [0, 0.05) is 18.1 Å². The summed E-state index contributed by atoms with van der Waals surface area (Å²) in [6.45, 7) is 1.78. The molecule has 0 saturated heterocycles. The summed E-state index contributed by atoms with van der Waals surface area (Å²) >= 11 is 0. The molecule has 3 rings (SSSR count). The quantitative estimate of drug-likeness (QED) is 0.684. The second-order valence-corrected chi connectivity index (χ2v) is 5.02. The van der Waals surface area contributed by atoms with Gasteiger partial charge in [0.05, 0.1) is 10.5 Å². The third-order valence-electron chi connectivity index (χ3n) is 3.36. The molecule has 1 saturated carbocycles. The molecule has 0 atom stereocenters. The molecule has 108 valence electrons. The highest BCUT2D eigenvalue weighted by atomic mass is 16.6. The van der Waals surface area contributed by atoms with Gasteiger partial charge in [-0.15, -0.1) is 0 Å². The molecule has 1 fully saturated rings. The van der Waals surface area contributed by atoms with E-state index in [1.165, 1.54) is 24.3 Å². The predicted molar refractivity (Wildman–Crippen MR) is 76.3 cm³/mol. The van der Waals surface area contributed by atoms with Gasteiger partial charge in [0.25, 0.3) is 5.69 Å². The minimum atomic E-state index is -0.455. The highest BCUT2D eigenvalue weighted by molar-refractivity contribution is 5.47. The molecular weight excluding hydrogens is 272 g/mol. The lowest BCUT2D eigenvalue weighted by Gasteiger charge is -2.10. The fourth-order valence-corrected chi connectivity index (χ4v) is 1.90. The van der Waals surface area contributed by atoms with Crippen LogP contribution in [0.1, 0.15) is 30.1 Å². The Morgan fingerprint density at radius 1 is 1.29 bits per heavy atom. The van der Waals surface area contributed by atoms with Crippen LogP contribution in [0.3, 0.4) is 0 Å². The van der Waals surface area contributed by atoms with Crippen molar-refractivity contribution in [3.8, 4) is 11.6 Å². The van der Waals surface area contributed by atoms with Crippen molar-refractivity contribution in [3.05, 3.63) is 45.8 Å². The van der Waals surface area contributed by atoms with E-state index in [0.717, 1.165) is 12.8 Å². The summed E-state index contributed by atoms with van der Waals surface area (Å²) in [6, 6.07) is 5.84. The Balaban J connectivity index is 1.88. The number of benzene rings is 1. The zero-order valence-corrected chi connectivity index (χ0v) is 11.4. The largest absolute Gasteiger partial charge is 0.439 e. The summed E-state index contributed by atoms with van der Waals surface area (Å²) in [4.78, 5) is 18.8. The van der Waals surface area contributed by atoms with E-state index in [1.807, 2.05) is 0 Å². The van der Waals surface area contributed by atoms with E-state index in [1.54, 1.807) is 6.92 Å². The summed E-state index contributed by atoms with van der Waals surface area (Å²) in [7, 11) is 0. The lowest BCUT2D eigenvalue weighted by Crippen LogP contribution is -2.04. The lowest BCUT2D eigenvalue weighted by atomic mass is 10.3. The Morgan fingerprint density at radius 3 is 2.52 bits per heavy atom. The minimum Gasteiger partial charge on any atom is -0.439 e. The van der Waals surface area contributed by atoms with E-state index >= 15 is 0 Å². The Kier molecular flexibility index (Phi) is 3.17. The van der Waals surface area contributed by atoms with Crippen LogP contribution in [0, 0.1) is 17.0 Å². The normalized spacial score (nSPS) is 14.0. The molecular formula is C14H14N4O3. The molecule has 0 aliphatic heterocycles. The standard InChI is InChI=1S/C14H14N4O3/c1-8-12(15)16-13(9-2-3-9)17-14(8)21-11-6-4-10(5-7-11)18(19)20/h4-7,9H,2-3H2,1H3,(H2,15,16,17). The van der Waals surface area contributed by atoms with Crippen molar-refractivity contribution < 1.29 is 9.66 Å². The van der Waals surface area contributed by atoms with Gasteiger partial charge in [-0.1, -0.05) is 0 Å². The van der Waals surface area contributed by atoms with Gasteiger partial charge in [-0.3, -0.25) is 10.1 Å². The molecule has 1 aliphatic rings. The van der Waals surface area contributed by atoms with Crippen molar-refractivity contribution >= 4 is 11.5 Å². The summed E-state index contributed by atoms with van der Waals surface area (Å²) < 4.78 is 5.69. The van der Waals surface area contributed by atoms with Crippen LogP contribution >= 0.6 is 0 Å². The van der Waals surface area contributed by atoms with E-state index in [4.69, 9.17) is 10.5 Å². The number of hydrogen-bond donors (Lipinski definition) is 1. The van der Waals surface area contributed by atoms with Crippen molar-refractivity contribution in [3.63, 3.8) is 0 Å². The van der Waals surface area contributed by atoms with E-state index in [9.17, 15) is 10.1 Å². The number of nitro benzene ring substituents is 1. The maximum Gasteiger partial charge on any atom is 0.269 e. The lowest BCUT2D eigenvalue weighted by molar-refractivity contribution is -0.384. The number of non-ortho nitro benzene ring substituents is 1. The van der Waals surface area contributed by atoms with Gasteiger partial charge in [-0.25, -0.2) is 4.98 Å². The fourth-order valence-electron chi connectivity index (χ4n) is 1.90. The molecule has 0 amide bonds. The maximum atomic E-state index is 10.6. The summed E-state index contributed by atoms with van der Waals surface area (Å²) in [6.07, 6.45) is 2.14. The van der Waals surface area contributed by atoms with Crippen LogP contribution in [0.5, 0.6) is 11.6 Å². The molecule has 0 radical (unpaired) electrons. The van der Waals surface area contributed by atoms with Gasteiger partial charge in [-0.2, -0.15) is 4.98 Å². The molecule has 7 nitrogen and oxygen atoms in total. The number of nitrogens with zero attached hydrogens (tertiary/aromatic N) is 3. The van der Waals surface area contributed by atoms with Crippen LogP contribution in [0.2, 0.25) is 0 Å². The average Bonchev–Trinajstić information content (AvgIpc) is 3.29. The molecule has 0 spiro atoms. The van der Waals surface area contributed by atoms with E-state index in [-0.39, 0.29) is 5.69 Å². The number of rotatable bonds is 4. The first-order valence-corrected chi connectivity index (χ1v) is 6.61. The van der Waals surface area contributed by atoms with Gasteiger partial charge in [-0.05, 0) is 31.9 Å². The smallest absolute Gasteiger partial charge is 0.269 e. The van der Waals surface area contributed by atoms with Crippen molar-refractivity contribution in [1.82, 2.24) is 9.97 Å². The monoisotopic (exact) mass is 286 g/mol. The van der Waals surface area contributed by atoms with Crippen molar-refractivity contribution in [2.24, 2.45) is 0 Å². The second-order valence-electron chi connectivity index (χ2n) is 5.02. The average molecular weight is 286 g/mol. The van der Waals surface area contributed by atoms with Crippen LogP contribution in [0.25, 0.3) is 0 Å². The number of hydrogen-bond acceptors (Lipinski definition) is 6. The molecule has 1 heterocycles. The first kappa shape index (κ1) is 13.3. The van der Waals surface area contributed by atoms with E-state index in [0.29, 0.717) is 34.8 Å². The van der Waals surface area contributed by atoms with Crippen LogP contribution in [-0.4, -0.2) is 14.9 Å². The third-order valence-corrected chi connectivity index (χ3v) is 3.36. The van der Waals surface area contributed by atoms with Gasteiger partial charge >= 0.3 is 0 Å². The zero-order valence-electron chi connectivity index (χ0n) is 11.4. The number of aromatic nitrogens is 2. The summed E-state index contributed by atoms with van der Waals surface area (Å²) in [5.41, 5.74) is 6.56. The molecule has 7 heteroatoms. The molecule has 1 aromatic heterocycles. The van der Waals surface area contributed by atoms with Gasteiger partial charge in [0.1, 0.15) is 17.4 Å². The topological polar surface area (TPSA) is 104 Å². The Hall–Kier alpha value is -2.70. The zero-order chi connectivity index (χ0) is 15.0. The predicted octanol–water partition coefficient (Wildman–Crippen LogP) is 2.95. The minimum absolute atomic E-state index is 0.0138.